The zero-order valence-corrected chi connectivity index (χ0v) is 13.1. The molecule has 23 heavy (non-hydrogen) atoms. The third-order valence-corrected chi connectivity index (χ3v) is 4.15. The molecule has 2 aromatic carbocycles. The van der Waals surface area contributed by atoms with Gasteiger partial charge in [-0.2, -0.15) is 0 Å². The number of hydrogen-bond acceptors (Lipinski definition) is 2. The standard InChI is InChI=1S/C18H16BN2O2/c1-20-15-9-5-3-7-13(15)11-17(20)22-19-23-18-12-14-8-4-6-10-16(14)21(18)2/h3-12H,1-2H3. The van der Waals surface area contributed by atoms with Crippen molar-refractivity contribution in [3.8, 4) is 11.8 Å². The van der Waals surface area contributed by atoms with Crippen molar-refractivity contribution < 1.29 is 9.31 Å². The summed E-state index contributed by atoms with van der Waals surface area (Å²) < 4.78 is 15.4. The largest absolute Gasteiger partial charge is 0.660 e. The van der Waals surface area contributed by atoms with Crippen molar-refractivity contribution >= 4 is 29.5 Å². The van der Waals surface area contributed by atoms with E-state index in [0.717, 1.165) is 33.6 Å². The van der Waals surface area contributed by atoms with Crippen molar-refractivity contribution in [3.63, 3.8) is 0 Å². The monoisotopic (exact) mass is 303 g/mol. The number of benzene rings is 2. The SMILES string of the molecule is Cn1c(O[B]Oc2cc3ccccc3n2C)cc2ccccc21. The van der Waals surface area contributed by atoms with Gasteiger partial charge in [-0.3, -0.25) is 0 Å². The van der Waals surface area contributed by atoms with E-state index in [4.69, 9.17) is 9.31 Å². The number of rotatable bonds is 4. The summed E-state index contributed by atoms with van der Waals surface area (Å²) in [5.41, 5.74) is 2.25. The van der Waals surface area contributed by atoms with Gasteiger partial charge in [0.25, 0.3) is 0 Å². The van der Waals surface area contributed by atoms with Crippen LogP contribution in [-0.2, 0) is 14.1 Å². The van der Waals surface area contributed by atoms with E-state index in [1.807, 2.05) is 59.6 Å². The van der Waals surface area contributed by atoms with Gasteiger partial charge < -0.3 is 18.4 Å². The summed E-state index contributed by atoms with van der Waals surface area (Å²) in [5, 5.41) is 2.28. The summed E-state index contributed by atoms with van der Waals surface area (Å²) in [6, 6.07) is 20.3. The summed E-state index contributed by atoms with van der Waals surface area (Å²) in [4.78, 5) is 0. The van der Waals surface area contributed by atoms with Gasteiger partial charge in [-0.1, -0.05) is 36.4 Å². The normalized spacial score (nSPS) is 11.0. The fourth-order valence-corrected chi connectivity index (χ4v) is 2.88. The van der Waals surface area contributed by atoms with Crippen LogP contribution in [0.1, 0.15) is 0 Å². The Kier molecular flexibility index (Phi) is 3.26. The van der Waals surface area contributed by atoms with Crippen molar-refractivity contribution in [1.29, 1.82) is 0 Å². The molecule has 0 atom stereocenters. The molecule has 0 aliphatic rings. The molecule has 0 N–H and O–H groups in total. The lowest BCUT2D eigenvalue weighted by Crippen LogP contribution is -2.14. The van der Waals surface area contributed by atoms with Crippen LogP contribution in [0, 0.1) is 0 Å². The molecule has 0 aliphatic heterocycles. The van der Waals surface area contributed by atoms with Crippen LogP contribution >= 0.6 is 0 Å². The van der Waals surface area contributed by atoms with E-state index in [-0.39, 0.29) is 0 Å². The highest BCUT2D eigenvalue weighted by atomic mass is 16.6. The molecular weight excluding hydrogens is 287 g/mol. The zero-order chi connectivity index (χ0) is 15.8. The Balaban J connectivity index is 1.52. The first-order chi connectivity index (χ1) is 11.2. The fraction of sp³-hybridized carbons (Fsp3) is 0.111. The second-order valence-corrected chi connectivity index (χ2v) is 5.53. The molecule has 0 amide bonds. The average Bonchev–Trinajstić information content (AvgIpc) is 3.07. The van der Waals surface area contributed by atoms with Gasteiger partial charge in [0.15, 0.2) is 11.8 Å². The number of para-hydroxylation sites is 2. The van der Waals surface area contributed by atoms with Gasteiger partial charge >= 0.3 is 7.69 Å². The van der Waals surface area contributed by atoms with Gasteiger partial charge in [-0.05, 0) is 12.1 Å². The molecule has 0 saturated heterocycles. The molecular formula is C18H16BN2O2. The first-order valence-electron chi connectivity index (χ1n) is 7.48. The molecule has 4 nitrogen and oxygen atoms in total. The van der Waals surface area contributed by atoms with E-state index in [0.29, 0.717) is 0 Å². The molecule has 2 heterocycles. The maximum Gasteiger partial charge on any atom is 0.660 e. The number of fused-ring (bicyclic) bond motifs is 2. The van der Waals surface area contributed by atoms with Crippen LogP contribution in [0.25, 0.3) is 21.8 Å². The van der Waals surface area contributed by atoms with Crippen LogP contribution in [0.4, 0.5) is 0 Å². The zero-order valence-electron chi connectivity index (χ0n) is 13.1. The predicted molar refractivity (Wildman–Crippen MR) is 92.8 cm³/mol. The fourth-order valence-electron chi connectivity index (χ4n) is 2.88. The first kappa shape index (κ1) is 13.8. The van der Waals surface area contributed by atoms with Crippen LogP contribution < -0.4 is 9.31 Å². The molecule has 2 aromatic heterocycles. The van der Waals surface area contributed by atoms with E-state index in [1.54, 1.807) is 0 Å². The average molecular weight is 303 g/mol. The smallest absolute Gasteiger partial charge is 0.513 e. The lowest BCUT2D eigenvalue weighted by atomic mass is 10.2. The number of aryl methyl sites for hydroxylation is 2. The van der Waals surface area contributed by atoms with Gasteiger partial charge in [0.1, 0.15) is 0 Å². The molecule has 1 radical (unpaired) electrons. The molecule has 0 saturated carbocycles. The second kappa shape index (κ2) is 5.43. The third kappa shape index (κ3) is 2.34. The van der Waals surface area contributed by atoms with Crippen molar-refractivity contribution in [2.75, 3.05) is 0 Å². The van der Waals surface area contributed by atoms with Gasteiger partial charge in [-0.25, -0.2) is 0 Å². The number of aromatic nitrogens is 2. The van der Waals surface area contributed by atoms with Crippen LogP contribution in [0.5, 0.6) is 11.8 Å². The van der Waals surface area contributed by atoms with Crippen LogP contribution in [-0.4, -0.2) is 16.8 Å². The summed E-state index contributed by atoms with van der Waals surface area (Å²) in [6.45, 7) is 0. The second-order valence-electron chi connectivity index (χ2n) is 5.53. The molecule has 4 aromatic rings. The van der Waals surface area contributed by atoms with Crippen molar-refractivity contribution in [2.45, 2.75) is 0 Å². The van der Waals surface area contributed by atoms with E-state index >= 15 is 0 Å². The highest BCUT2D eigenvalue weighted by Crippen LogP contribution is 2.25. The van der Waals surface area contributed by atoms with E-state index in [1.165, 1.54) is 7.69 Å². The number of nitrogens with zero attached hydrogens (tertiary/aromatic N) is 2. The maximum absolute atomic E-state index is 5.68. The lowest BCUT2D eigenvalue weighted by Gasteiger charge is -2.08. The van der Waals surface area contributed by atoms with Gasteiger partial charge in [-0.15, -0.1) is 0 Å². The van der Waals surface area contributed by atoms with E-state index < -0.39 is 0 Å². The molecule has 0 aliphatic carbocycles. The minimum Gasteiger partial charge on any atom is -0.513 e. The lowest BCUT2D eigenvalue weighted by molar-refractivity contribution is 0.422. The summed E-state index contributed by atoms with van der Waals surface area (Å²) in [6.07, 6.45) is 0. The van der Waals surface area contributed by atoms with Crippen LogP contribution in [0.15, 0.2) is 60.7 Å². The summed E-state index contributed by atoms with van der Waals surface area (Å²) >= 11 is 0. The van der Waals surface area contributed by atoms with E-state index in [9.17, 15) is 0 Å². The minimum atomic E-state index is 0.741. The summed E-state index contributed by atoms with van der Waals surface area (Å²) in [7, 11) is 5.33. The van der Waals surface area contributed by atoms with E-state index in [2.05, 4.69) is 24.3 Å². The Bertz CT molecular complexity index is 907. The molecule has 0 spiro atoms. The molecule has 113 valence electrons. The Morgan fingerprint density at radius 2 is 1.13 bits per heavy atom. The Morgan fingerprint density at radius 1 is 0.696 bits per heavy atom. The van der Waals surface area contributed by atoms with Crippen LogP contribution in [0.3, 0.4) is 0 Å². The van der Waals surface area contributed by atoms with Crippen molar-refractivity contribution in [3.05, 3.63) is 60.7 Å². The Hall–Kier alpha value is -2.82. The minimum absolute atomic E-state index is 0.741. The maximum atomic E-state index is 5.68. The Labute approximate surface area is 135 Å². The third-order valence-electron chi connectivity index (χ3n) is 4.15. The topological polar surface area (TPSA) is 28.3 Å². The first-order valence-corrected chi connectivity index (χ1v) is 7.48. The van der Waals surface area contributed by atoms with Crippen LogP contribution in [0.2, 0.25) is 0 Å². The molecule has 0 unspecified atom stereocenters. The number of hydrogen-bond donors (Lipinski definition) is 0. The Morgan fingerprint density at radius 3 is 1.57 bits per heavy atom. The highest BCUT2D eigenvalue weighted by molar-refractivity contribution is 6.20. The van der Waals surface area contributed by atoms with Crippen molar-refractivity contribution in [1.82, 2.24) is 9.13 Å². The van der Waals surface area contributed by atoms with Gasteiger partial charge in [0, 0.05) is 37.0 Å². The molecule has 5 heteroatoms. The van der Waals surface area contributed by atoms with Gasteiger partial charge in [0.2, 0.25) is 0 Å². The molecule has 4 rings (SSSR count). The highest BCUT2D eigenvalue weighted by Gasteiger charge is 2.11. The molecule has 0 fully saturated rings. The summed E-state index contributed by atoms with van der Waals surface area (Å²) in [5.74, 6) is 1.48. The van der Waals surface area contributed by atoms with Crippen molar-refractivity contribution in [2.24, 2.45) is 14.1 Å². The molecule has 0 bridgehead atoms. The van der Waals surface area contributed by atoms with Gasteiger partial charge in [0.05, 0.1) is 11.0 Å². The quantitative estimate of drug-likeness (QED) is 0.538. The predicted octanol–water partition coefficient (Wildman–Crippen LogP) is 3.66.